The predicted octanol–water partition coefficient (Wildman–Crippen LogP) is 4.69. The van der Waals surface area contributed by atoms with Crippen molar-refractivity contribution in [1.29, 1.82) is 0 Å². The molecule has 20 heavy (non-hydrogen) atoms. The van der Waals surface area contributed by atoms with Crippen molar-refractivity contribution in [3.63, 3.8) is 0 Å². The lowest BCUT2D eigenvalue weighted by atomic mass is 10.1. The molecule has 0 bridgehead atoms. The second kappa shape index (κ2) is 8.28. The average Bonchev–Trinajstić information content (AvgIpc) is 2.49. The minimum Gasteiger partial charge on any atom is -0.370 e. The summed E-state index contributed by atoms with van der Waals surface area (Å²) >= 11 is 0. The van der Waals surface area contributed by atoms with Gasteiger partial charge in [0.25, 0.3) is 0 Å². The second-order valence-electron chi connectivity index (χ2n) is 4.65. The summed E-state index contributed by atoms with van der Waals surface area (Å²) in [5.41, 5.74) is 2.28. The fraction of sp³-hybridized carbons (Fsp3) is 0.222. The molecule has 0 fully saturated rings. The minimum atomic E-state index is -0.197. The molecule has 0 atom stereocenters. The highest BCUT2D eigenvalue weighted by molar-refractivity contribution is 5.15. The van der Waals surface area contributed by atoms with E-state index in [1.54, 1.807) is 6.08 Å². The van der Waals surface area contributed by atoms with Crippen LogP contribution in [0.1, 0.15) is 17.5 Å². The molecule has 0 spiro atoms. The van der Waals surface area contributed by atoms with Crippen LogP contribution in [0.2, 0.25) is 0 Å². The van der Waals surface area contributed by atoms with E-state index in [9.17, 15) is 4.39 Å². The van der Waals surface area contributed by atoms with Crippen molar-refractivity contribution in [2.45, 2.75) is 19.4 Å². The van der Waals surface area contributed by atoms with Gasteiger partial charge < -0.3 is 4.74 Å². The van der Waals surface area contributed by atoms with E-state index in [2.05, 4.69) is 12.1 Å². The molecule has 0 aromatic heterocycles. The smallest absolute Gasteiger partial charge is 0.122 e. The normalized spacial score (nSPS) is 11.6. The lowest BCUT2D eigenvalue weighted by Gasteiger charge is -2.03. The summed E-state index contributed by atoms with van der Waals surface area (Å²) in [6.45, 7) is 0.491. The lowest BCUT2D eigenvalue weighted by molar-refractivity contribution is 0.129. The molecule has 0 amide bonds. The number of ether oxygens (including phenoxy) is 1. The number of hydrogen-bond acceptors (Lipinski definition) is 1. The zero-order chi connectivity index (χ0) is 14.0. The van der Waals surface area contributed by atoms with Crippen LogP contribution in [0.15, 0.2) is 72.6 Å². The number of halogens is 1. The van der Waals surface area contributed by atoms with Gasteiger partial charge in [0, 0.05) is 0 Å². The maximum absolute atomic E-state index is 13.5. The van der Waals surface area contributed by atoms with E-state index >= 15 is 0 Å². The summed E-state index contributed by atoms with van der Waals surface area (Å²) in [4.78, 5) is 0. The van der Waals surface area contributed by atoms with Gasteiger partial charge in [-0.3, -0.25) is 0 Å². The first-order chi connectivity index (χ1) is 9.84. The molecule has 1 nitrogen and oxygen atoms in total. The molecule has 0 unspecified atom stereocenters. The predicted molar refractivity (Wildman–Crippen MR) is 80.1 cm³/mol. The van der Waals surface area contributed by atoms with Crippen LogP contribution in [-0.2, 0) is 17.8 Å². The van der Waals surface area contributed by atoms with Crippen LogP contribution in [0.4, 0.5) is 4.39 Å². The molecule has 0 aliphatic heterocycles. The SMILES string of the molecule is F/C(=C/CCc1ccccc1)COCc1ccccc1. The van der Waals surface area contributed by atoms with Crippen LogP contribution < -0.4 is 0 Å². The van der Waals surface area contributed by atoms with E-state index < -0.39 is 0 Å². The van der Waals surface area contributed by atoms with Crippen LogP contribution >= 0.6 is 0 Å². The Kier molecular flexibility index (Phi) is 6.00. The summed E-state index contributed by atoms with van der Waals surface area (Å²) in [6.07, 6.45) is 3.16. The highest BCUT2D eigenvalue weighted by atomic mass is 19.1. The van der Waals surface area contributed by atoms with Crippen molar-refractivity contribution in [1.82, 2.24) is 0 Å². The van der Waals surface area contributed by atoms with Crippen molar-refractivity contribution in [3.8, 4) is 0 Å². The summed E-state index contributed by atoms with van der Waals surface area (Å²) in [6, 6.07) is 19.9. The highest BCUT2D eigenvalue weighted by Crippen LogP contribution is 2.07. The molecule has 2 heteroatoms. The van der Waals surface area contributed by atoms with Crippen LogP contribution in [0.3, 0.4) is 0 Å². The van der Waals surface area contributed by atoms with Crippen molar-refractivity contribution in [3.05, 3.63) is 83.7 Å². The summed E-state index contributed by atoms with van der Waals surface area (Å²) in [7, 11) is 0. The van der Waals surface area contributed by atoms with Crippen LogP contribution in [0.5, 0.6) is 0 Å². The minimum absolute atomic E-state index is 0.0453. The maximum atomic E-state index is 13.5. The van der Waals surface area contributed by atoms with Crippen LogP contribution in [0.25, 0.3) is 0 Å². The topological polar surface area (TPSA) is 9.23 Å². The van der Waals surface area contributed by atoms with E-state index in [4.69, 9.17) is 4.74 Å². The Bertz CT molecular complexity index is 520. The molecule has 2 rings (SSSR count). The molecule has 0 aliphatic rings. The molecule has 0 aliphatic carbocycles. The first kappa shape index (κ1) is 14.5. The van der Waals surface area contributed by atoms with Gasteiger partial charge in [-0.05, 0) is 24.0 Å². The Morgan fingerprint density at radius 2 is 1.50 bits per heavy atom. The monoisotopic (exact) mass is 270 g/mol. The average molecular weight is 270 g/mol. The van der Waals surface area contributed by atoms with E-state index in [0.717, 1.165) is 12.0 Å². The van der Waals surface area contributed by atoms with Gasteiger partial charge in [-0.15, -0.1) is 0 Å². The molecule has 0 saturated carbocycles. The third-order valence-corrected chi connectivity index (χ3v) is 2.99. The number of benzene rings is 2. The standard InChI is InChI=1S/C18H19FO/c19-18(13-7-12-16-8-3-1-4-9-16)15-20-14-17-10-5-2-6-11-17/h1-6,8-11,13H,7,12,14-15H2/b18-13+. The molecular formula is C18H19FO. The third-order valence-electron chi connectivity index (χ3n) is 2.99. The molecule has 0 radical (unpaired) electrons. The Hall–Kier alpha value is -1.93. The quantitative estimate of drug-likeness (QED) is 0.709. The first-order valence-electron chi connectivity index (χ1n) is 6.85. The van der Waals surface area contributed by atoms with E-state index in [0.29, 0.717) is 13.0 Å². The fourth-order valence-corrected chi connectivity index (χ4v) is 1.94. The largest absolute Gasteiger partial charge is 0.370 e. The Balaban J connectivity index is 1.67. The van der Waals surface area contributed by atoms with Crippen molar-refractivity contribution >= 4 is 0 Å². The summed E-state index contributed by atoms with van der Waals surface area (Å²) in [5.74, 6) is -0.197. The zero-order valence-corrected chi connectivity index (χ0v) is 11.5. The van der Waals surface area contributed by atoms with Crippen LogP contribution in [-0.4, -0.2) is 6.61 Å². The van der Waals surface area contributed by atoms with Crippen molar-refractivity contribution < 1.29 is 9.13 Å². The number of allylic oxidation sites excluding steroid dienone is 1. The van der Waals surface area contributed by atoms with Gasteiger partial charge in [0.2, 0.25) is 0 Å². The zero-order valence-electron chi connectivity index (χ0n) is 11.5. The molecule has 0 heterocycles. The summed E-state index contributed by atoms with van der Waals surface area (Å²) < 4.78 is 18.9. The van der Waals surface area contributed by atoms with Gasteiger partial charge in [-0.2, -0.15) is 0 Å². The molecule has 0 saturated heterocycles. The van der Waals surface area contributed by atoms with E-state index in [-0.39, 0.29) is 12.4 Å². The second-order valence-corrected chi connectivity index (χ2v) is 4.65. The van der Waals surface area contributed by atoms with Gasteiger partial charge >= 0.3 is 0 Å². The number of rotatable bonds is 7. The lowest BCUT2D eigenvalue weighted by Crippen LogP contribution is -1.96. The van der Waals surface area contributed by atoms with Gasteiger partial charge in [-0.25, -0.2) is 4.39 Å². The van der Waals surface area contributed by atoms with Crippen molar-refractivity contribution in [2.75, 3.05) is 6.61 Å². The Morgan fingerprint density at radius 3 is 2.15 bits per heavy atom. The van der Waals surface area contributed by atoms with E-state index in [1.807, 2.05) is 48.5 Å². The third kappa shape index (κ3) is 5.37. The van der Waals surface area contributed by atoms with Gasteiger partial charge in [0.15, 0.2) is 0 Å². The van der Waals surface area contributed by atoms with E-state index in [1.165, 1.54) is 5.56 Å². The maximum Gasteiger partial charge on any atom is 0.122 e. The molecule has 104 valence electrons. The Morgan fingerprint density at radius 1 is 0.900 bits per heavy atom. The van der Waals surface area contributed by atoms with Gasteiger partial charge in [-0.1, -0.05) is 66.7 Å². The first-order valence-corrected chi connectivity index (χ1v) is 6.85. The molecular weight excluding hydrogens is 251 g/mol. The highest BCUT2D eigenvalue weighted by Gasteiger charge is 1.97. The van der Waals surface area contributed by atoms with Gasteiger partial charge in [0.05, 0.1) is 13.2 Å². The molecule has 2 aromatic rings. The summed E-state index contributed by atoms with van der Waals surface area (Å²) in [5, 5.41) is 0. The number of hydrogen-bond donors (Lipinski definition) is 0. The van der Waals surface area contributed by atoms with Crippen molar-refractivity contribution in [2.24, 2.45) is 0 Å². The number of aryl methyl sites for hydroxylation is 1. The fourth-order valence-electron chi connectivity index (χ4n) is 1.94. The molecule has 2 aromatic carbocycles. The van der Waals surface area contributed by atoms with Gasteiger partial charge in [0.1, 0.15) is 5.83 Å². The molecule has 0 N–H and O–H groups in total. The Labute approximate surface area is 119 Å². The van der Waals surface area contributed by atoms with Crippen LogP contribution in [0, 0.1) is 0 Å².